The molecule has 47 heavy (non-hydrogen) atoms. The second-order valence-corrected chi connectivity index (χ2v) is 13.4. The van der Waals surface area contributed by atoms with Gasteiger partial charge in [0.2, 0.25) is 6.61 Å². The van der Waals surface area contributed by atoms with Crippen LogP contribution in [0.15, 0.2) is 102 Å². The molecule has 3 aromatic carbocycles. The molecule has 0 saturated carbocycles. The van der Waals surface area contributed by atoms with Gasteiger partial charge in [-0.3, -0.25) is 14.8 Å². The summed E-state index contributed by atoms with van der Waals surface area (Å²) in [5, 5.41) is 22.9. The van der Waals surface area contributed by atoms with Gasteiger partial charge >= 0.3 is 5.97 Å². The second-order valence-electron chi connectivity index (χ2n) is 12.5. The van der Waals surface area contributed by atoms with Crippen molar-refractivity contribution in [2.45, 2.75) is 57.3 Å². The van der Waals surface area contributed by atoms with E-state index in [-0.39, 0.29) is 11.4 Å². The van der Waals surface area contributed by atoms with Crippen molar-refractivity contribution < 1.29 is 29.2 Å². The monoisotopic (exact) mass is 655 g/mol. The first-order chi connectivity index (χ1) is 22.3. The predicted molar refractivity (Wildman–Crippen MR) is 178 cm³/mol. The molecule has 12 heteroatoms. The van der Waals surface area contributed by atoms with Gasteiger partial charge in [-0.25, -0.2) is 14.8 Å². The molecule has 0 spiro atoms. The van der Waals surface area contributed by atoms with E-state index < -0.39 is 47.1 Å². The lowest BCUT2D eigenvalue weighted by atomic mass is 9.77. The zero-order valence-corrected chi connectivity index (χ0v) is 27.6. The standard InChI is InChI=1S/C35H37N5O6S/c1-33(2,3)46-27(41)21-45-39-28(30(42)37-29-31(43)40(44)34(29,4)5)26-22-47-32(36-26)38-35(23-15-9-6-10-16-23,24-17-11-7-12-18-24)25-19-13-8-14-20-25/h6-20,22,29,44H,21H2,1-5H3,(H,36,38)(H,37,42)/b39-28-/t29-/m1/s1. The van der Waals surface area contributed by atoms with E-state index in [0.717, 1.165) is 16.7 Å². The molecular formula is C35H37N5O6S. The number of hydroxylamine groups is 2. The van der Waals surface area contributed by atoms with Crippen LogP contribution < -0.4 is 10.6 Å². The Labute approximate surface area is 277 Å². The number of β-lactam (4-membered cyclic amide) rings is 1. The number of thiazole rings is 1. The van der Waals surface area contributed by atoms with E-state index in [1.54, 1.807) is 40.0 Å². The lowest BCUT2D eigenvalue weighted by molar-refractivity contribution is -0.231. The summed E-state index contributed by atoms with van der Waals surface area (Å²) in [6.45, 7) is 7.82. The number of hydrogen-bond donors (Lipinski definition) is 3. The van der Waals surface area contributed by atoms with E-state index in [0.29, 0.717) is 10.2 Å². The number of anilines is 1. The average molecular weight is 656 g/mol. The van der Waals surface area contributed by atoms with Crippen LogP contribution in [0.5, 0.6) is 0 Å². The highest BCUT2D eigenvalue weighted by Crippen LogP contribution is 2.40. The molecule has 5 rings (SSSR count). The van der Waals surface area contributed by atoms with Gasteiger partial charge in [0.25, 0.3) is 11.8 Å². The number of esters is 1. The van der Waals surface area contributed by atoms with Crippen LogP contribution >= 0.6 is 11.3 Å². The quantitative estimate of drug-likeness (QED) is 0.0506. The first-order valence-electron chi connectivity index (χ1n) is 15.0. The van der Waals surface area contributed by atoms with Crippen molar-refractivity contribution >= 4 is 40.0 Å². The molecule has 0 aliphatic carbocycles. The van der Waals surface area contributed by atoms with Gasteiger partial charge in [-0.15, -0.1) is 11.3 Å². The number of aromatic nitrogens is 1. The number of hydrogen-bond acceptors (Lipinski definition) is 10. The molecule has 1 aromatic heterocycles. The molecule has 2 heterocycles. The van der Waals surface area contributed by atoms with E-state index in [1.165, 1.54) is 11.3 Å². The third kappa shape index (κ3) is 7.03. The number of carbonyl (C=O) groups is 3. The fourth-order valence-corrected chi connectivity index (χ4v) is 6.06. The largest absolute Gasteiger partial charge is 0.457 e. The van der Waals surface area contributed by atoms with Crippen molar-refractivity contribution in [2.24, 2.45) is 5.16 Å². The topological polar surface area (TPSA) is 142 Å². The lowest BCUT2D eigenvalue weighted by Gasteiger charge is -2.49. The normalized spacial score (nSPS) is 16.2. The molecule has 1 aliphatic heterocycles. The van der Waals surface area contributed by atoms with Crippen LogP contribution in [-0.4, -0.2) is 62.5 Å². The Morgan fingerprint density at radius 3 is 1.91 bits per heavy atom. The molecule has 4 aromatic rings. The number of carbonyl (C=O) groups excluding carboxylic acids is 3. The van der Waals surface area contributed by atoms with Gasteiger partial charge in [0.15, 0.2) is 10.8 Å². The molecule has 1 saturated heterocycles. The Morgan fingerprint density at radius 2 is 1.45 bits per heavy atom. The fraction of sp³-hybridized carbons (Fsp3) is 0.286. The molecular weight excluding hydrogens is 618 g/mol. The first-order valence-corrected chi connectivity index (χ1v) is 15.9. The van der Waals surface area contributed by atoms with E-state index >= 15 is 0 Å². The van der Waals surface area contributed by atoms with E-state index in [2.05, 4.69) is 15.8 Å². The Bertz CT molecular complexity index is 1660. The molecule has 11 nitrogen and oxygen atoms in total. The fourth-order valence-electron chi connectivity index (χ4n) is 5.31. The van der Waals surface area contributed by atoms with E-state index in [4.69, 9.17) is 14.6 Å². The van der Waals surface area contributed by atoms with E-state index in [1.807, 2.05) is 91.0 Å². The highest BCUT2D eigenvalue weighted by Gasteiger charge is 2.55. The van der Waals surface area contributed by atoms with Gasteiger partial charge in [-0.2, -0.15) is 0 Å². The molecule has 1 aliphatic rings. The van der Waals surface area contributed by atoms with Crippen LogP contribution in [0, 0.1) is 0 Å². The summed E-state index contributed by atoms with van der Waals surface area (Å²) < 4.78 is 5.28. The lowest BCUT2D eigenvalue weighted by Crippen LogP contribution is -2.75. The van der Waals surface area contributed by atoms with Crippen molar-refractivity contribution in [1.82, 2.24) is 15.4 Å². The van der Waals surface area contributed by atoms with Gasteiger partial charge in [0.1, 0.15) is 22.9 Å². The Balaban J connectivity index is 1.52. The third-order valence-electron chi connectivity index (χ3n) is 7.62. The van der Waals surface area contributed by atoms with Gasteiger partial charge in [0.05, 0.1) is 5.54 Å². The van der Waals surface area contributed by atoms with Gasteiger partial charge < -0.3 is 20.2 Å². The predicted octanol–water partition coefficient (Wildman–Crippen LogP) is 5.10. The SMILES string of the molecule is CC(C)(C)OC(=O)CO/N=C(\C(=O)N[C@@H]1C(=O)N(O)C1(C)C)c1csc(NC(c2ccccc2)(c2ccccc2)c2ccccc2)n1. The summed E-state index contributed by atoms with van der Waals surface area (Å²) in [7, 11) is 0. The van der Waals surface area contributed by atoms with Crippen molar-refractivity contribution in [2.75, 3.05) is 11.9 Å². The second kappa shape index (κ2) is 13.3. The van der Waals surface area contributed by atoms with Crippen LogP contribution in [0.3, 0.4) is 0 Å². The third-order valence-corrected chi connectivity index (χ3v) is 8.38. The summed E-state index contributed by atoms with van der Waals surface area (Å²) in [5.41, 5.74) is 0.0932. The van der Waals surface area contributed by atoms with Crippen LogP contribution in [0.25, 0.3) is 0 Å². The number of nitrogens with one attached hydrogen (secondary N) is 2. The van der Waals surface area contributed by atoms with Crippen LogP contribution in [0.2, 0.25) is 0 Å². The molecule has 1 atom stereocenters. The number of ether oxygens (including phenoxy) is 1. The zero-order chi connectivity index (χ0) is 33.8. The Kier molecular flexibility index (Phi) is 9.45. The summed E-state index contributed by atoms with van der Waals surface area (Å²) >= 11 is 1.25. The zero-order valence-electron chi connectivity index (χ0n) is 26.8. The number of benzene rings is 3. The highest BCUT2D eigenvalue weighted by atomic mass is 32.1. The maximum Gasteiger partial charge on any atom is 0.347 e. The van der Waals surface area contributed by atoms with Gasteiger partial charge in [-0.1, -0.05) is 96.2 Å². The molecule has 1 fully saturated rings. The van der Waals surface area contributed by atoms with E-state index in [9.17, 15) is 19.6 Å². The first kappa shape index (κ1) is 33.3. The smallest absolute Gasteiger partial charge is 0.347 e. The Morgan fingerprint density at radius 1 is 0.936 bits per heavy atom. The van der Waals surface area contributed by atoms with Crippen molar-refractivity contribution in [1.29, 1.82) is 0 Å². The summed E-state index contributed by atoms with van der Waals surface area (Å²) in [5.74, 6) is -2.12. The number of amides is 2. The minimum Gasteiger partial charge on any atom is -0.457 e. The molecule has 244 valence electrons. The maximum atomic E-state index is 13.6. The molecule has 2 amide bonds. The number of oxime groups is 1. The van der Waals surface area contributed by atoms with Crippen LogP contribution in [0.1, 0.15) is 57.0 Å². The van der Waals surface area contributed by atoms with Crippen LogP contribution in [0.4, 0.5) is 5.13 Å². The van der Waals surface area contributed by atoms with Crippen molar-refractivity contribution in [3.8, 4) is 0 Å². The van der Waals surface area contributed by atoms with Gasteiger partial charge in [0, 0.05) is 5.38 Å². The van der Waals surface area contributed by atoms with Crippen molar-refractivity contribution in [3.05, 3.63) is 119 Å². The van der Waals surface area contributed by atoms with Crippen LogP contribution in [-0.2, 0) is 29.5 Å². The minimum atomic E-state index is -1.05. The minimum absolute atomic E-state index is 0.146. The molecule has 0 radical (unpaired) electrons. The summed E-state index contributed by atoms with van der Waals surface area (Å²) in [6, 6.07) is 28.9. The molecule has 3 N–H and O–H groups in total. The molecule has 0 bridgehead atoms. The summed E-state index contributed by atoms with van der Waals surface area (Å²) in [6.07, 6.45) is 0. The number of nitrogens with zero attached hydrogens (tertiary/aromatic N) is 3. The summed E-state index contributed by atoms with van der Waals surface area (Å²) in [4.78, 5) is 48.3. The molecule has 0 unspecified atom stereocenters. The number of rotatable bonds is 11. The highest BCUT2D eigenvalue weighted by molar-refractivity contribution is 7.14. The average Bonchev–Trinajstić information content (AvgIpc) is 3.52. The Hall–Kier alpha value is -5.07. The van der Waals surface area contributed by atoms with Crippen molar-refractivity contribution in [3.63, 3.8) is 0 Å². The maximum absolute atomic E-state index is 13.6. The van der Waals surface area contributed by atoms with Gasteiger partial charge in [-0.05, 0) is 51.3 Å².